The fourth-order valence-corrected chi connectivity index (χ4v) is 5.42. The molecule has 0 radical (unpaired) electrons. The Bertz CT molecular complexity index is 1320. The molecule has 1 aromatic heterocycles. The standard InChI is InChI=1S/C26H24N2O5S/c1-14-10-11-15(2)19(12-14)23(30)16-6-3-4-7-17(16)26(32)33-13-21(29)28-25-22(24(27)31)18-8-5-9-20(18)34-25/h3-4,6-7,10-12H,5,8-9,13H2,1-2H3,(H2,27,31)(H,28,29). The van der Waals surface area contributed by atoms with E-state index in [1.54, 1.807) is 24.3 Å². The van der Waals surface area contributed by atoms with E-state index in [9.17, 15) is 19.2 Å². The zero-order valence-corrected chi connectivity index (χ0v) is 19.7. The van der Waals surface area contributed by atoms with Gasteiger partial charge in [0.25, 0.3) is 11.8 Å². The first kappa shape index (κ1) is 23.4. The van der Waals surface area contributed by atoms with Gasteiger partial charge in [-0.15, -0.1) is 11.3 Å². The number of ether oxygens (including phenoxy) is 1. The second-order valence-electron chi connectivity index (χ2n) is 8.24. The van der Waals surface area contributed by atoms with Gasteiger partial charge in [0.2, 0.25) is 0 Å². The van der Waals surface area contributed by atoms with Crippen molar-refractivity contribution in [2.24, 2.45) is 5.73 Å². The third kappa shape index (κ3) is 4.63. The average molecular weight is 477 g/mol. The number of carbonyl (C=O) groups excluding carboxylic acids is 4. The Hall–Kier alpha value is -3.78. The third-order valence-corrected chi connectivity index (χ3v) is 6.99. The number of hydrogen-bond acceptors (Lipinski definition) is 6. The Labute approximate surface area is 200 Å². The van der Waals surface area contributed by atoms with Crippen molar-refractivity contribution in [2.45, 2.75) is 33.1 Å². The molecule has 1 aliphatic rings. The van der Waals surface area contributed by atoms with Gasteiger partial charge in [-0.3, -0.25) is 14.4 Å². The molecule has 0 saturated carbocycles. The highest BCUT2D eigenvalue weighted by molar-refractivity contribution is 7.17. The molecule has 0 unspecified atom stereocenters. The van der Waals surface area contributed by atoms with Crippen LogP contribution in [-0.4, -0.2) is 30.2 Å². The molecule has 1 heterocycles. The van der Waals surface area contributed by atoms with Crippen molar-refractivity contribution in [3.63, 3.8) is 0 Å². The largest absolute Gasteiger partial charge is 0.452 e. The maximum Gasteiger partial charge on any atom is 0.339 e. The molecule has 2 amide bonds. The van der Waals surface area contributed by atoms with Gasteiger partial charge in [0, 0.05) is 16.0 Å². The highest BCUT2D eigenvalue weighted by Gasteiger charge is 2.27. The first-order valence-corrected chi connectivity index (χ1v) is 11.7. The van der Waals surface area contributed by atoms with Crippen molar-refractivity contribution in [2.75, 3.05) is 11.9 Å². The first-order chi connectivity index (χ1) is 16.3. The Morgan fingerprint density at radius 2 is 1.74 bits per heavy atom. The van der Waals surface area contributed by atoms with Gasteiger partial charge in [-0.2, -0.15) is 0 Å². The number of fused-ring (bicyclic) bond motifs is 1. The van der Waals surface area contributed by atoms with Crippen LogP contribution in [-0.2, 0) is 22.4 Å². The number of benzene rings is 2. The number of anilines is 1. The molecule has 1 aliphatic carbocycles. The molecular weight excluding hydrogens is 452 g/mol. The van der Waals surface area contributed by atoms with E-state index >= 15 is 0 Å². The van der Waals surface area contributed by atoms with Gasteiger partial charge in [-0.1, -0.05) is 35.9 Å². The number of esters is 1. The zero-order valence-electron chi connectivity index (χ0n) is 18.9. The Morgan fingerprint density at radius 3 is 2.47 bits per heavy atom. The van der Waals surface area contributed by atoms with Crippen molar-refractivity contribution in [3.8, 4) is 0 Å². The number of amides is 2. The highest BCUT2D eigenvalue weighted by atomic mass is 32.1. The van der Waals surface area contributed by atoms with Gasteiger partial charge in [0.1, 0.15) is 5.00 Å². The van der Waals surface area contributed by atoms with E-state index in [4.69, 9.17) is 10.5 Å². The molecule has 174 valence electrons. The van der Waals surface area contributed by atoms with Crippen molar-refractivity contribution in [3.05, 3.63) is 86.3 Å². The van der Waals surface area contributed by atoms with Crippen molar-refractivity contribution in [1.29, 1.82) is 0 Å². The Balaban J connectivity index is 1.47. The van der Waals surface area contributed by atoms with Crippen LogP contribution in [0.15, 0.2) is 42.5 Å². The number of carbonyl (C=O) groups is 4. The highest BCUT2D eigenvalue weighted by Crippen LogP contribution is 2.38. The third-order valence-electron chi connectivity index (χ3n) is 5.78. The smallest absolute Gasteiger partial charge is 0.339 e. The van der Waals surface area contributed by atoms with Gasteiger partial charge in [0.15, 0.2) is 12.4 Å². The van der Waals surface area contributed by atoms with E-state index in [0.717, 1.165) is 40.8 Å². The van der Waals surface area contributed by atoms with Crippen LogP contribution in [0.5, 0.6) is 0 Å². The number of thiophene rings is 1. The van der Waals surface area contributed by atoms with Crippen molar-refractivity contribution in [1.82, 2.24) is 0 Å². The summed E-state index contributed by atoms with van der Waals surface area (Å²) in [6, 6.07) is 11.9. The van der Waals surface area contributed by atoms with Crippen molar-refractivity contribution >= 4 is 39.9 Å². The van der Waals surface area contributed by atoms with Crippen LogP contribution in [0.1, 0.15) is 64.6 Å². The number of primary amides is 1. The predicted molar refractivity (Wildman–Crippen MR) is 130 cm³/mol. The molecule has 3 N–H and O–H groups in total. The SMILES string of the molecule is Cc1ccc(C)c(C(=O)c2ccccc2C(=O)OCC(=O)Nc2sc3c(c2C(N)=O)CCC3)c1. The number of rotatable bonds is 7. The van der Waals surface area contributed by atoms with E-state index in [2.05, 4.69) is 5.32 Å². The summed E-state index contributed by atoms with van der Waals surface area (Å²) in [5.41, 5.74) is 9.26. The van der Waals surface area contributed by atoms with Crippen LogP contribution < -0.4 is 11.1 Å². The van der Waals surface area contributed by atoms with Crippen LogP contribution in [0.4, 0.5) is 5.00 Å². The quantitative estimate of drug-likeness (QED) is 0.395. The number of nitrogens with two attached hydrogens (primary N) is 1. The summed E-state index contributed by atoms with van der Waals surface area (Å²) in [4.78, 5) is 51.3. The lowest BCUT2D eigenvalue weighted by Gasteiger charge is -2.11. The van der Waals surface area contributed by atoms with Crippen LogP contribution in [0.2, 0.25) is 0 Å². The molecule has 0 spiro atoms. The van der Waals surface area contributed by atoms with Gasteiger partial charge in [0.05, 0.1) is 11.1 Å². The summed E-state index contributed by atoms with van der Waals surface area (Å²) >= 11 is 1.32. The fraction of sp³-hybridized carbons (Fsp3) is 0.231. The maximum absolute atomic E-state index is 13.2. The topological polar surface area (TPSA) is 116 Å². The van der Waals surface area contributed by atoms with E-state index in [1.807, 2.05) is 26.0 Å². The number of ketones is 1. The molecular formula is C26H24N2O5S. The van der Waals surface area contributed by atoms with Crippen LogP contribution >= 0.6 is 11.3 Å². The van der Waals surface area contributed by atoms with E-state index in [1.165, 1.54) is 17.4 Å². The molecule has 7 nitrogen and oxygen atoms in total. The molecule has 3 aromatic rings. The van der Waals surface area contributed by atoms with Gasteiger partial charge >= 0.3 is 5.97 Å². The lowest BCUT2D eigenvalue weighted by Crippen LogP contribution is -2.23. The number of aryl methyl sites for hydroxylation is 3. The lowest BCUT2D eigenvalue weighted by atomic mass is 9.94. The van der Waals surface area contributed by atoms with Gasteiger partial charge in [-0.05, 0) is 56.4 Å². The molecule has 0 bridgehead atoms. The monoisotopic (exact) mass is 476 g/mol. The van der Waals surface area contributed by atoms with Crippen LogP contribution in [0.3, 0.4) is 0 Å². The minimum Gasteiger partial charge on any atom is -0.452 e. The van der Waals surface area contributed by atoms with Gasteiger partial charge in [-0.25, -0.2) is 4.79 Å². The summed E-state index contributed by atoms with van der Waals surface area (Å²) in [7, 11) is 0. The molecule has 8 heteroatoms. The molecule has 2 aromatic carbocycles. The fourth-order valence-electron chi connectivity index (χ4n) is 4.11. The lowest BCUT2D eigenvalue weighted by molar-refractivity contribution is -0.119. The molecule has 34 heavy (non-hydrogen) atoms. The zero-order chi connectivity index (χ0) is 24.4. The van der Waals surface area contributed by atoms with Crippen LogP contribution in [0, 0.1) is 13.8 Å². The minimum atomic E-state index is -0.784. The summed E-state index contributed by atoms with van der Waals surface area (Å²) in [6.07, 6.45) is 2.55. The molecule has 4 rings (SSSR count). The van der Waals surface area contributed by atoms with E-state index < -0.39 is 24.4 Å². The van der Waals surface area contributed by atoms with Crippen molar-refractivity contribution < 1.29 is 23.9 Å². The average Bonchev–Trinajstić information content (AvgIpc) is 3.39. The molecule has 0 atom stereocenters. The van der Waals surface area contributed by atoms with Gasteiger partial charge < -0.3 is 15.8 Å². The maximum atomic E-state index is 13.2. The van der Waals surface area contributed by atoms with E-state index in [-0.39, 0.29) is 16.9 Å². The summed E-state index contributed by atoms with van der Waals surface area (Å²) in [5, 5.41) is 3.02. The number of nitrogens with one attached hydrogen (secondary N) is 1. The summed E-state index contributed by atoms with van der Waals surface area (Å²) in [6.45, 7) is 3.16. The number of hydrogen-bond donors (Lipinski definition) is 2. The first-order valence-electron chi connectivity index (χ1n) is 10.9. The Morgan fingerprint density at radius 1 is 1.00 bits per heavy atom. The second-order valence-corrected chi connectivity index (χ2v) is 9.35. The van der Waals surface area contributed by atoms with Crippen LogP contribution in [0.25, 0.3) is 0 Å². The Kier molecular flexibility index (Phi) is 6.61. The summed E-state index contributed by atoms with van der Waals surface area (Å²) in [5.74, 6) is -2.26. The van der Waals surface area contributed by atoms with E-state index in [0.29, 0.717) is 16.1 Å². The predicted octanol–water partition coefficient (Wildman–Crippen LogP) is 3.98. The summed E-state index contributed by atoms with van der Waals surface area (Å²) < 4.78 is 5.21. The molecule has 0 fully saturated rings. The normalized spacial score (nSPS) is 12.2. The second kappa shape index (κ2) is 9.61. The molecule has 0 saturated heterocycles. The molecule has 0 aliphatic heterocycles. The minimum absolute atomic E-state index is 0.0779.